The van der Waals surface area contributed by atoms with Gasteiger partial charge in [0.05, 0.1) is 6.42 Å². The van der Waals surface area contributed by atoms with Crippen LogP contribution in [0.15, 0.2) is 30.3 Å². The lowest BCUT2D eigenvalue weighted by Crippen LogP contribution is -2.51. The Morgan fingerprint density at radius 3 is 2.85 bits per heavy atom. The molecule has 0 aromatic heterocycles. The molecule has 1 aromatic rings. The molecule has 20 heavy (non-hydrogen) atoms. The van der Waals surface area contributed by atoms with Crippen LogP contribution in [0.1, 0.15) is 25.3 Å². The molecular weight excluding hydrogens is 250 g/mol. The van der Waals surface area contributed by atoms with Gasteiger partial charge in [0.1, 0.15) is 0 Å². The Labute approximate surface area is 121 Å². The number of amides is 1. The Morgan fingerprint density at radius 2 is 2.20 bits per heavy atom. The maximum atomic E-state index is 12.0. The SMILES string of the molecule is CC1CC(CN)(CNC(=O)Cc2ccccc2)CCN1. The molecule has 2 atom stereocenters. The lowest BCUT2D eigenvalue weighted by molar-refractivity contribution is -0.121. The highest BCUT2D eigenvalue weighted by atomic mass is 16.1. The minimum Gasteiger partial charge on any atom is -0.355 e. The second-order valence-corrected chi connectivity index (χ2v) is 5.95. The Balaban J connectivity index is 1.85. The summed E-state index contributed by atoms with van der Waals surface area (Å²) in [4.78, 5) is 12.0. The van der Waals surface area contributed by atoms with Crippen molar-refractivity contribution in [1.29, 1.82) is 0 Å². The lowest BCUT2D eigenvalue weighted by atomic mass is 9.76. The van der Waals surface area contributed by atoms with Crippen LogP contribution in [0, 0.1) is 5.41 Å². The fraction of sp³-hybridized carbons (Fsp3) is 0.562. The van der Waals surface area contributed by atoms with E-state index in [1.807, 2.05) is 30.3 Å². The normalized spacial score (nSPS) is 26.2. The van der Waals surface area contributed by atoms with Gasteiger partial charge in [0, 0.05) is 18.0 Å². The zero-order valence-corrected chi connectivity index (χ0v) is 12.2. The zero-order chi connectivity index (χ0) is 14.4. The van der Waals surface area contributed by atoms with Crippen molar-refractivity contribution in [1.82, 2.24) is 10.6 Å². The summed E-state index contributed by atoms with van der Waals surface area (Å²) in [7, 11) is 0. The molecule has 2 unspecified atom stereocenters. The number of rotatable bonds is 5. The summed E-state index contributed by atoms with van der Waals surface area (Å²) in [5, 5.41) is 6.50. The Morgan fingerprint density at radius 1 is 1.45 bits per heavy atom. The molecule has 2 rings (SSSR count). The molecule has 1 heterocycles. The quantitative estimate of drug-likeness (QED) is 0.753. The van der Waals surface area contributed by atoms with Gasteiger partial charge in [-0.3, -0.25) is 4.79 Å². The first-order valence-corrected chi connectivity index (χ1v) is 7.38. The van der Waals surface area contributed by atoms with Gasteiger partial charge >= 0.3 is 0 Å². The second-order valence-electron chi connectivity index (χ2n) is 5.95. The molecule has 0 aliphatic carbocycles. The van der Waals surface area contributed by atoms with Gasteiger partial charge in [0.2, 0.25) is 5.91 Å². The third-order valence-electron chi connectivity index (χ3n) is 4.19. The number of carbonyl (C=O) groups is 1. The topological polar surface area (TPSA) is 67.1 Å². The van der Waals surface area contributed by atoms with Crippen LogP contribution < -0.4 is 16.4 Å². The summed E-state index contributed by atoms with van der Waals surface area (Å²) in [6.45, 7) is 4.47. The molecule has 1 aromatic carbocycles. The maximum absolute atomic E-state index is 12.0. The second kappa shape index (κ2) is 6.86. The molecule has 1 fully saturated rings. The fourth-order valence-electron chi connectivity index (χ4n) is 2.96. The highest BCUT2D eigenvalue weighted by Crippen LogP contribution is 2.29. The number of carbonyl (C=O) groups excluding carboxylic acids is 1. The molecule has 0 saturated carbocycles. The molecule has 4 nitrogen and oxygen atoms in total. The third-order valence-corrected chi connectivity index (χ3v) is 4.19. The summed E-state index contributed by atoms with van der Waals surface area (Å²) in [6, 6.07) is 10.3. The fourth-order valence-corrected chi connectivity index (χ4v) is 2.96. The first-order chi connectivity index (χ1) is 9.63. The van der Waals surface area contributed by atoms with Crippen molar-refractivity contribution in [2.45, 2.75) is 32.2 Å². The van der Waals surface area contributed by atoms with Crippen LogP contribution in [0.2, 0.25) is 0 Å². The molecule has 110 valence electrons. The van der Waals surface area contributed by atoms with Crippen molar-refractivity contribution in [3.63, 3.8) is 0 Å². The molecule has 1 aliphatic heterocycles. The van der Waals surface area contributed by atoms with Crippen LogP contribution in [0.4, 0.5) is 0 Å². The van der Waals surface area contributed by atoms with Crippen molar-refractivity contribution in [3.05, 3.63) is 35.9 Å². The Kier molecular flexibility index (Phi) is 5.15. The number of hydrogen-bond donors (Lipinski definition) is 3. The van der Waals surface area contributed by atoms with E-state index >= 15 is 0 Å². The van der Waals surface area contributed by atoms with E-state index in [1.54, 1.807) is 0 Å². The van der Waals surface area contributed by atoms with E-state index in [-0.39, 0.29) is 11.3 Å². The summed E-state index contributed by atoms with van der Waals surface area (Å²) < 4.78 is 0. The predicted octanol–water partition coefficient (Wildman–Crippen LogP) is 1.06. The van der Waals surface area contributed by atoms with E-state index < -0.39 is 0 Å². The standard InChI is InChI=1S/C16H25N3O/c1-13-10-16(11-17,7-8-18-13)12-19-15(20)9-14-5-3-2-4-6-14/h2-6,13,18H,7-12,17H2,1H3,(H,19,20). The van der Waals surface area contributed by atoms with Crippen LogP contribution in [-0.2, 0) is 11.2 Å². The summed E-state index contributed by atoms with van der Waals surface area (Å²) in [6.07, 6.45) is 2.49. The number of benzene rings is 1. The van der Waals surface area contributed by atoms with Crippen LogP contribution in [0.5, 0.6) is 0 Å². The number of nitrogens with one attached hydrogen (secondary N) is 2. The first kappa shape index (κ1) is 15.0. The van der Waals surface area contributed by atoms with E-state index in [1.165, 1.54) is 0 Å². The molecule has 0 bridgehead atoms. The van der Waals surface area contributed by atoms with E-state index in [2.05, 4.69) is 17.6 Å². The predicted molar refractivity (Wildman–Crippen MR) is 81.3 cm³/mol. The van der Waals surface area contributed by atoms with Gasteiger partial charge in [-0.15, -0.1) is 0 Å². The zero-order valence-electron chi connectivity index (χ0n) is 12.2. The number of hydrogen-bond acceptors (Lipinski definition) is 3. The van der Waals surface area contributed by atoms with Crippen LogP contribution >= 0.6 is 0 Å². The van der Waals surface area contributed by atoms with Crippen LogP contribution in [-0.4, -0.2) is 31.6 Å². The number of nitrogens with two attached hydrogens (primary N) is 1. The van der Waals surface area contributed by atoms with Gasteiger partial charge in [-0.2, -0.15) is 0 Å². The summed E-state index contributed by atoms with van der Waals surface area (Å²) in [5.41, 5.74) is 7.06. The molecule has 1 aliphatic rings. The Hall–Kier alpha value is -1.39. The largest absolute Gasteiger partial charge is 0.355 e. The molecule has 4 N–H and O–H groups in total. The van der Waals surface area contributed by atoms with Gasteiger partial charge in [0.15, 0.2) is 0 Å². The van der Waals surface area contributed by atoms with Crippen molar-refractivity contribution in [2.24, 2.45) is 11.1 Å². The van der Waals surface area contributed by atoms with Crippen LogP contribution in [0.25, 0.3) is 0 Å². The van der Waals surface area contributed by atoms with Crippen molar-refractivity contribution < 1.29 is 4.79 Å². The molecule has 4 heteroatoms. The van der Waals surface area contributed by atoms with Gasteiger partial charge in [-0.25, -0.2) is 0 Å². The van der Waals surface area contributed by atoms with Gasteiger partial charge < -0.3 is 16.4 Å². The smallest absolute Gasteiger partial charge is 0.224 e. The Bertz CT molecular complexity index is 435. The highest BCUT2D eigenvalue weighted by Gasteiger charge is 2.33. The minimum atomic E-state index is 0.0526. The molecular formula is C16H25N3O. The minimum absolute atomic E-state index is 0.0526. The maximum Gasteiger partial charge on any atom is 0.224 e. The van der Waals surface area contributed by atoms with Crippen molar-refractivity contribution in [3.8, 4) is 0 Å². The van der Waals surface area contributed by atoms with E-state index in [0.717, 1.165) is 24.9 Å². The number of piperidine rings is 1. The van der Waals surface area contributed by atoms with E-state index in [9.17, 15) is 4.79 Å². The molecule has 1 amide bonds. The molecule has 0 radical (unpaired) electrons. The molecule has 1 saturated heterocycles. The summed E-state index contributed by atoms with van der Waals surface area (Å²) in [5.74, 6) is 0.0789. The highest BCUT2D eigenvalue weighted by molar-refractivity contribution is 5.78. The van der Waals surface area contributed by atoms with Crippen LogP contribution in [0.3, 0.4) is 0 Å². The van der Waals surface area contributed by atoms with Gasteiger partial charge in [-0.1, -0.05) is 30.3 Å². The van der Waals surface area contributed by atoms with Gasteiger partial charge in [-0.05, 0) is 38.4 Å². The monoisotopic (exact) mass is 275 g/mol. The summed E-state index contributed by atoms with van der Waals surface area (Å²) >= 11 is 0. The average Bonchev–Trinajstić information content (AvgIpc) is 2.46. The lowest BCUT2D eigenvalue weighted by Gasteiger charge is -2.40. The third kappa shape index (κ3) is 4.05. The van der Waals surface area contributed by atoms with Gasteiger partial charge in [0.25, 0.3) is 0 Å². The van der Waals surface area contributed by atoms with Crippen molar-refractivity contribution >= 4 is 5.91 Å². The van der Waals surface area contributed by atoms with E-state index in [4.69, 9.17) is 5.73 Å². The van der Waals surface area contributed by atoms with Crippen molar-refractivity contribution in [2.75, 3.05) is 19.6 Å². The first-order valence-electron chi connectivity index (χ1n) is 7.38. The molecule has 0 spiro atoms. The van der Waals surface area contributed by atoms with E-state index in [0.29, 0.717) is 25.6 Å². The average molecular weight is 275 g/mol.